The molecule has 4 rings (SSSR count). The summed E-state index contributed by atoms with van der Waals surface area (Å²) in [5.74, 6) is 5.01. The van der Waals surface area contributed by atoms with E-state index < -0.39 is 12.6 Å². The number of fused-ring (bicyclic) bond motifs is 5. The van der Waals surface area contributed by atoms with Crippen molar-refractivity contribution >= 4 is 6.09 Å². The fourth-order valence-corrected chi connectivity index (χ4v) is 10.1. The van der Waals surface area contributed by atoms with Crippen molar-refractivity contribution in [2.75, 3.05) is 26.2 Å². The van der Waals surface area contributed by atoms with Gasteiger partial charge < -0.3 is 32.6 Å². The Labute approximate surface area is 281 Å². The van der Waals surface area contributed by atoms with Gasteiger partial charge >= 0.3 is 6.09 Å². The van der Waals surface area contributed by atoms with Gasteiger partial charge in [-0.15, -0.1) is 0 Å². The molecular formula is C37H71N7O2. The highest BCUT2D eigenvalue weighted by Gasteiger charge is 2.58. The molecule has 0 aromatic heterocycles. The SMILES string of the molecule is CC(C)CCCC(C)C1CC2C3CC=C4CC(OC(=O)N(CCCCNC(N)N)CCCNC(N)N)CCC4(C)C3CCC2(C)C1. The van der Waals surface area contributed by atoms with Gasteiger partial charge in [0.2, 0.25) is 0 Å². The van der Waals surface area contributed by atoms with Crippen LogP contribution >= 0.6 is 0 Å². The Morgan fingerprint density at radius 2 is 1.63 bits per heavy atom. The maximum absolute atomic E-state index is 13.5. The Hall–Kier alpha value is -1.23. The van der Waals surface area contributed by atoms with E-state index in [1.54, 1.807) is 5.57 Å². The Morgan fingerprint density at radius 1 is 0.935 bits per heavy atom. The fourth-order valence-electron chi connectivity index (χ4n) is 10.1. The van der Waals surface area contributed by atoms with Crippen LogP contribution < -0.4 is 33.6 Å². The molecule has 3 fully saturated rings. The summed E-state index contributed by atoms with van der Waals surface area (Å²) in [4.78, 5) is 15.3. The molecule has 10 N–H and O–H groups in total. The second-order valence-electron chi connectivity index (χ2n) is 16.7. The van der Waals surface area contributed by atoms with Crippen molar-refractivity contribution in [3.05, 3.63) is 11.6 Å². The molecule has 0 radical (unpaired) electrons. The lowest BCUT2D eigenvalue weighted by molar-refractivity contribution is -0.0400. The highest BCUT2D eigenvalue weighted by molar-refractivity contribution is 5.67. The van der Waals surface area contributed by atoms with E-state index >= 15 is 0 Å². The lowest BCUT2D eigenvalue weighted by atomic mass is 9.48. The van der Waals surface area contributed by atoms with Gasteiger partial charge in [0.15, 0.2) is 0 Å². The monoisotopic (exact) mass is 646 g/mol. The van der Waals surface area contributed by atoms with Crippen LogP contribution in [0.3, 0.4) is 0 Å². The van der Waals surface area contributed by atoms with Crippen molar-refractivity contribution in [1.82, 2.24) is 15.5 Å². The van der Waals surface area contributed by atoms with Crippen LogP contribution in [0.2, 0.25) is 0 Å². The normalized spacial score (nSPS) is 33.0. The van der Waals surface area contributed by atoms with Gasteiger partial charge in [-0.3, -0.25) is 10.6 Å². The first kappa shape index (κ1) is 37.6. The van der Waals surface area contributed by atoms with Gasteiger partial charge in [0.05, 0.1) is 0 Å². The van der Waals surface area contributed by atoms with Crippen LogP contribution in [0.15, 0.2) is 11.6 Å². The van der Waals surface area contributed by atoms with Gasteiger partial charge in [-0.05, 0) is 124 Å². The average molecular weight is 646 g/mol. The third-order valence-corrected chi connectivity index (χ3v) is 12.9. The standard InChI is InChI=1S/C37H71N7O2/c1-25(2)10-8-11-26(3)27-22-32-30-13-12-28-23-29(14-17-37(28,5)31(30)15-16-36(32,4)24-27)46-35(45)44(21-9-19-43-34(40)41)20-7-6-18-42-33(38)39/h12,25-27,29-34,42-43H,6-11,13-24,38-41H2,1-5H3. The molecule has 0 aromatic rings. The maximum Gasteiger partial charge on any atom is 0.410 e. The molecule has 9 nitrogen and oxygen atoms in total. The molecule has 266 valence electrons. The smallest absolute Gasteiger partial charge is 0.410 e. The third-order valence-electron chi connectivity index (χ3n) is 12.9. The Bertz CT molecular complexity index is 989. The number of ether oxygens (including phenoxy) is 1. The predicted molar refractivity (Wildman–Crippen MR) is 189 cm³/mol. The molecule has 0 aromatic carbocycles. The lowest BCUT2D eigenvalue weighted by Gasteiger charge is -2.57. The van der Waals surface area contributed by atoms with Crippen LogP contribution in [0.5, 0.6) is 0 Å². The minimum Gasteiger partial charge on any atom is -0.446 e. The molecule has 46 heavy (non-hydrogen) atoms. The van der Waals surface area contributed by atoms with Gasteiger partial charge in [-0.25, -0.2) is 4.79 Å². The van der Waals surface area contributed by atoms with E-state index in [9.17, 15) is 4.79 Å². The molecule has 3 saturated carbocycles. The fraction of sp³-hybridized carbons (Fsp3) is 0.919. The average Bonchev–Trinajstić information content (AvgIpc) is 3.35. The first-order valence-electron chi connectivity index (χ1n) is 19.0. The van der Waals surface area contributed by atoms with Gasteiger partial charge in [0.25, 0.3) is 0 Å². The number of nitrogens with two attached hydrogens (primary N) is 4. The summed E-state index contributed by atoms with van der Waals surface area (Å²) >= 11 is 0. The van der Waals surface area contributed by atoms with Gasteiger partial charge in [0, 0.05) is 19.5 Å². The Balaban J connectivity index is 1.34. The highest BCUT2D eigenvalue weighted by Crippen LogP contribution is 2.66. The largest absolute Gasteiger partial charge is 0.446 e. The molecule has 8 atom stereocenters. The van der Waals surface area contributed by atoms with E-state index in [4.69, 9.17) is 27.7 Å². The molecule has 0 spiro atoms. The van der Waals surface area contributed by atoms with E-state index in [1.807, 2.05) is 4.90 Å². The number of amides is 1. The van der Waals surface area contributed by atoms with Crippen LogP contribution in [0.4, 0.5) is 4.79 Å². The molecule has 9 heteroatoms. The van der Waals surface area contributed by atoms with Crippen molar-refractivity contribution in [2.45, 2.75) is 143 Å². The summed E-state index contributed by atoms with van der Waals surface area (Å²) in [6.07, 6.45) is 17.8. The molecule has 0 aliphatic heterocycles. The minimum absolute atomic E-state index is 0.0465. The molecule has 4 aliphatic carbocycles. The number of nitrogens with one attached hydrogen (secondary N) is 2. The molecule has 1 amide bonds. The summed E-state index contributed by atoms with van der Waals surface area (Å²) in [6, 6.07) is 0. The molecular weight excluding hydrogens is 574 g/mol. The van der Waals surface area contributed by atoms with Crippen LogP contribution in [-0.4, -0.2) is 55.9 Å². The third kappa shape index (κ3) is 9.69. The van der Waals surface area contributed by atoms with Crippen molar-refractivity contribution in [1.29, 1.82) is 0 Å². The summed E-state index contributed by atoms with van der Waals surface area (Å²) in [7, 11) is 0. The molecule has 0 bridgehead atoms. The highest BCUT2D eigenvalue weighted by atomic mass is 16.6. The second kappa shape index (κ2) is 16.9. The van der Waals surface area contributed by atoms with Crippen LogP contribution in [-0.2, 0) is 4.74 Å². The summed E-state index contributed by atoms with van der Waals surface area (Å²) < 4.78 is 6.25. The van der Waals surface area contributed by atoms with Crippen molar-refractivity contribution in [2.24, 2.45) is 69.3 Å². The van der Waals surface area contributed by atoms with E-state index in [2.05, 4.69) is 51.3 Å². The first-order chi connectivity index (χ1) is 21.8. The van der Waals surface area contributed by atoms with Crippen molar-refractivity contribution < 1.29 is 9.53 Å². The number of rotatable bonds is 17. The zero-order chi connectivity index (χ0) is 33.5. The number of carbonyl (C=O) groups excluding carboxylic acids is 1. The van der Waals surface area contributed by atoms with E-state index in [0.29, 0.717) is 25.0 Å². The predicted octanol–water partition coefficient (Wildman–Crippen LogP) is 5.59. The number of carbonyl (C=O) groups is 1. The molecule has 4 aliphatic rings. The van der Waals surface area contributed by atoms with Gasteiger partial charge in [0.1, 0.15) is 18.7 Å². The van der Waals surface area contributed by atoms with Crippen molar-refractivity contribution in [3.8, 4) is 0 Å². The maximum atomic E-state index is 13.5. The zero-order valence-electron chi connectivity index (χ0n) is 30.1. The zero-order valence-corrected chi connectivity index (χ0v) is 30.1. The van der Waals surface area contributed by atoms with E-state index in [0.717, 1.165) is 80.6 Å². The van der Waals surface area contributed by atoms with Crippen LogP contribution in [0.25, 0.3) is 0 Å². The van der Waals surface area contributed by atoms with Crippen molar-refractivity contribution in [3.63, 3.8) is 0 Å². The number of unbranched alkanes of at least 4 members (excludes halogenated alkanes) is 1. The number of hydrogen-bond acceptors (Lipinski definition) is 8. The molecule has 0 saturated heterocycles. The van der Waals surface area contributed by atoms with Crippen LogP contribution in [0, 0.1) is 46.3 Å². The Kier molecular flexibility index (Phi) is 13.8. The molecule has 8 unspecified atom stereocenters. The number of allylic oxidation sites excluding steroid dienone is 1. The minimum atomic E-state index is -0.553. The van der Waals surface area contributed by atoms with Gasteiger partial charge in [-0.2, -0.15) is 0 Å². The van der Waals surface area contributed by atoms with Gasteiger partial charge in [-0.1, -0.05) is 65.5 Å². The van der Waals surface area contributed by atoms with Crippen LogP contribution in [0.1, 0.15) is 125 Å². The summed E-state index contributed by atoms with van der Waals surface area (Å²) in [5, 5.41) is 6.07. The number of hydrogen-bond donors (Lipinski definition) is 6. The first-order valence-corrected chi connectivity index (χ1v) is 19.0. The van der Waals surface area contributed by atoms with E-state index in [1.165, 1.54) is 51.4 Å². The van der Waals surface area contributed by atoms with E-state index in [-0.39, 0.29) is 17.6 Å². The summed E-state index contributed by atoms with van der Waals surface area (Å²) in [5.41, 5.74) is 24.8. The Morgan fingerprint density at radius 3 is 2.33 bits per heavy atom. The lowest BCUT2D eigenvalue weighted by Crippen LogP contribution is -2.50. The second-order valence-corrected chi connectivity index (χ2v) is 16.7. The number of nitrogens with zero attached hydrogens (tertiary/aromatic N) is 1. The quantitative estimate of drug-likeness (QED) is 0.0679. The molecule has 0 heterocycles. The topological polar surface area (TPSA) is 158 Å². The summed E-state index contributed by atoms with van der Waals surface area (Å²) in [6.45, 7) is 15.1.